The van der Waals surface area contributed by atoms with E-state index in [0.29, 0.717) is 17.3 Å². The van der Waals surface area contributed by atoms with Crippen LogP contribution in [-0.2, 0) is 9.53 Å². The van der Waals surface area contributed by atoms with E-state index >= 15 is 0 Å². The van der Waals surface area contributed by atoms with Gasteiger partial charge in [-0.15, -0.1) is 0 Å². The van der Waals surface area contributed by atoms with Crippen LogP contribution < -0.4 is 5.32 Å². The molecule has 1 fully saturated rings. The van der Waals surface area contributed by atoms with Crippen molar-refractivity contribution in [2.75, 3.05) is 25.1 Å². The number of halogens is 1. The fourth-order valence-corrected chi connectivity index (χ4v) is 2.24. The van der Waals surface area contributed by atoms with Gasteiger partial charge in [0.15, 0.2) is 6.04 Å². The standard InChI is InChI=1S/C13H15ClN2O4/c1-8-2-3-10(9(14)6-8)15-13(19)16-4-5-20-7-11(16)12(17)18/h2-3,6,11H,4-5,7H2,1H3,(H,15,19)(H,17,18). The molecule has 0 radical (unpaired) electrons. The lowest BCUT2D eigenvalue weighted by Gasteiger charge is -2.32. The predicted octanol–water partition coefficient (Wildman–Crippen LogP) is 1.97. The molecule has 1 unspecified atom stereocenters. The molecule has 1 aromatic carbocycles. The number of hydrogen-bond acceptors (Lipinski definition) is 3. The summed E-state index contributed by atoms with van der Waals surface area (Å²) in [6.07, 6.45) is 0. The van der Waals surface area contributed by atoms with Gasteiger partial charge in [0, 0.05) is 6.54 Å². The number of carboxylic acids is 1. The molecule has 2 rings (SSSR count). The maximum atomic E-state index is 12.2. The molecule has 2 amide bonds. The molecule has 0 aromatic heterocycles. The number of anilines is 1. The number of benzene rings is 1. The normalized spacial score (nSPS) is 18.7. The first-order valence-corrected chi connectivity index (χ1v) is 6.51. The van der Waals surface area contributed by atoms with Crippen molar-refractivity contribution in [1.82, 2.24) is 4.90 Å². The number of hydrogen-bond donors (Lipinski definition) is 2. The van der Waals surface area contributed by atoms with Crippen molar-refractivity contribution in [2.45, 2.75) is 13.0 Å². The summed E-state index contributed by atoms with van der Waals surface area (Å²) in [7, 11) is 0. The lowest BCUT2D eigenvalue weighted by Crippen LogP contribution is -2.53. The number of carboxylic acid groups (broad SMARTS) is 1. The Morgan fingerprint density at radius 1 is 1.50 bits per heavy atom. The molecule has 0 aliphatic carbocycles. The van der Waals surface area contributed by atoms with Gasteiger partial charge in [-0.05, 0) is 24.6 Å². The number of rotatable bonds is 2. The average Bonchev–Trinajstić information content (AvgIpc) is 2.41. The summed E-state index contributed by atoms with van der Waals surface area (Å²) in [5, 5.41) is 12.1. The smallest absolute Gasteiger partial charge is 0.328 e. The van der Waals surface area contributed by atoms with Gasteiger partial charge in [-0.25, -0.2) is 9.59 Å². The van der Waals surface area contributed by atoms with Crippen LogP contribution >= 0.6 is 11.6 Å². The van der Waals surface area contributed by atoms with Crippen LogP contribution in [0.25, 0.3) is 0 Å². The number of aryl methyl sites for hydroxylation is 1. The molecule has 1 aliphatic rings. The summed E-state index contributed by atoms with van der Waals surface area (Å²) >= 11 is 6.04. The highest BCUT2D eigenvalue weighted by atomic mass is 35.5. The molecule has 1 atom stereocenters. The fourth-order valence-electron chi connectivity index (χ4n) is 1.96. The zero-order chi connectivity index (χ0) is 14.7. The van der Waals surface area contributed by atoms with Crippen LogP contribution in [0.1, 0.15) is 5.56 Å². The minimum atomic E-state index is -1.09. The summed E-state index contributed by atoms with van der Waals surface area (Å²) in [6, 6.07) is 3.76. The quantitative estimate of drug-likeness (QED) is 0.875. The third-order valence-corrected chi connectivity index (χ3v) is 3.35. The average molecular weight is 299 g/mol. The Labute approximate surface area is 121 Å². The molecule has 20 heavy (non-hydrogen) atoms. The van der Waals surface area contributed by atoms with Gasteiger partial charge in [0.05, 0.1) is 23.9 Å². The maximum absolute atomic E-state index is 12.2. The van der Waals surface area contributed by atoms with Crippen LogP contribution in [0, 0.1) is 6.92 Å². The highest BCUT2D eigenvalue weighted by Gasteiger charge is 2.32. The molecule has 0 spiro atoms. The van der Waals surface area contributed by atoms with Crippen LogP contribution in [0.2, 0.25) is 5.02 Å². The van der Waals surface area contributed by atoms with E-state index < -0.39 is 18.0 Å². The van der Waals surface area contributed by atoms with Crippen molar-refractivity contribution in [2.24, 2.45) is 0 Å². The second-order valence-corrected chi connectivity index (χ2v) is 4.94. The Balaban J connectivity index is 2.12. The topological polar surface area (TPSA) is 78.9 Å². The number of nitrogens with one attached hydrogen (secondary N) is 1. The zero-order valence-electron chi connectivity index (χ0n) is 10.9. The number of amides is 2. The SMILES string of the molecule is Cc1ccc(NC(=O)N2CCOCC2C(=O)O)c(Cl)c1. The van der Waals surface area contributed by atoms with Gasteiger partial charge in [0.2, 0.25) is 0 Å². The summed E-state index contributed by atoms with van der Waals surface area (Å²) in [5.41, 5.74) is 1.43. The number of carbonyl (C=O) groups is 2. The molecule has 0 bridgehead atoms. The number of morpholine rings is 1. The molecule has 108 valence electrons. The maximum Gasteiger partial charge on any atom is 0.328 e. The third-order valence-electron chi connectivity index (χ3n) is 3.04. The van der Waals surface area contributed by atoms with E-state index in [4.69, 9.17) is 21.4 Å². The highest BCUT2D eigenvalue weighted by Crippen LogP contribution is 2.23. The molecule has 1 heterocycles. The lowest BCUT2D eigenvalue weighted by atomic mass is 10.2. The Morgan fingerprint density at radius 3 is 2.90 bits per heavy atom. The molecule has 6 nitrogen and oxygen atoms in total. The van der Waals surface area contributed by atoms with E-state index in [9.17, 15) is 9.59 Å². The number of ether oxygens (including phenoxy) is 1. The van der Waals surface area contributed by atoms with Gasteiger partial charge in [-0.1, -0.05) is 17.7 Å². The van der Waals surface area contributed by atoms with Crippen LogP contribution in [0.5, 0.6) is 0 Å². The fraction of sp³-hybridized carbons (Fsp3) is 0.385. The van der Waals surface area contributed by atoms with Gasteiger partial charge in [-0.3, -0.25) is 0 Å². The van der Waals surface area contributed by atoms with Gasteiger partial charge < -0.3 is 20.1 Å². The molecule has 1 saturated heterocycles. The number of carbonyl (C=O) groups excluding carboxylic acids is 1. The lowest BCUT2D eigenvalue weighted by molar-refractivity contribution is -0.147. The van der Waals surface area contributed by atoms with Crippen molar-refractivity contribution >= 4 is 29.3 Å². The molecule has 1 aliphatic heterocycles. The van der Waals surface area contributed by atoms with E-state index in [1.54, 1.807) is 12.1 Å². The first kappa shape index (κ1) is 14.6. The van der Waals surface area contributed by atoms with Crippen LogP contribution in [-0.4, -0.2) is 47.8 Å². The second-order valence-electron chi connectivity index (χ2n) is 4.54. The van der Waals surface area contributed by atoms with E-state index in [-0.39, 0.29) is 13.2 Å². The molecular weight excluding hydrogens is 284 g/mol. The van der Waals surface area contributed by atoms with Crippen molar-refractivity contribution in [3.8, 4) is 0 Å². The van der Waals surface area contributed by atoms with E-state index in [2.05, 4.69) is 5.32 Å². The zero-order valence-corrected chi connectivity index (χ0v) is 11.7. The van der Waals surface area contributed by atoms with Crippen molar-refractivity contribution in [3.05, 3.63) is 28.8 Å². The van der Waals surface area contributed by atoms with Crippen molar-refractivity contribution < 1.29 is 19.4 Å². The van der Waals surface area contributed by atoms with Crippen LogP contribution in [0.3, 0.4) is 0 Å². The molecular formula is C13H15ClN2O4. The second kappa shape index (κ2) is 6.11. The van der Waals surface area contributed by atoms with E-state index in [0.717, 1.165) is 5.56 Å². The van der Waals surface area contributed by atoms with Gasteiger partial charge in [0.1, 0.15) is 0 Å². The molecule has 0 saturated carbocycles. The Morgan fingerprint density at radius 2 is 2.25 bits per heavy atom. The number of nitrogens with zero attached hydrogens (tertiary/aromatic N) is 1. The minimum absolute atomic E-state index is 0.00954. The summed E-state index contributed by atoms with van der Waals surface area (Å²) < 4.78 is 5.08. The Kier molecular flexibility index (Phi) is 4.46. The monoisotopic (exact) mass is 298 g/mol. The van der Waals surface area contributed by atoms with Crippen molar-refractivity contribution in [1.29, 1.82) is 0 Å². The Hall–Kier alpha value is -1.79. The number of aliphatic carboxylic acids is 1. The first-order valence-electron chi connectivity index (χ1n) is 6.13. The Bertz CT molecular complexity index is 535. The van der Waals surface area contributed by atoms with Crippen LogP contribution in [0.4, 0.5) is 10.5 Å². The minimum Gasteiger partial charge on any atom is -0.480 e. The van der Waals surface area contributed by atoms with Crippen molar-refractivity contribution in [3.63, 3.8) is 0 Å². The van der Waals surface area contributed by atoms with E-state index in [1.807, 2.05) is 13.0 Å². The van der Waals surface area contributed by atoms with Gasteiger partial charge in [0.25, 0.3) is 0 Å². The third kappa shape index (κ3) is 3.20. The summed E-state index contributed by atoms with van der Waals surface area (Å²) in [4.78, 5) is 24.5. The number of urea groups is 1. The first-order chi connectivity index (χ1) is 9.49. The molecule has 1 aromatic rings. The molecule has 2 N–H and O–H groups in total. The predicted molar refractivity (Wildman–Crippen MR) is 74.2 cm³/mol. The summed E-state index contributed by atoms with van der Waals surface area (Å²) in [6.45, 7) is 2.43. The van der Waals surface area contributed by atoms with E-state index in [1.165, 1.54) is 4.90 Å². The summed E-state index contributed by atoms with van der Waals surface area (Å²) in [5.74, 6) is -1.09. The van der Waals surface area contributed by atoms with Gasteiger partial charge in [-0.2, -0.15) is 0 Å². The molecule has 7 heteroatoms. The largest absolute Gasteiger partial charge is 0.480 e. The highest BCUT2D eigenvalue weighted by molar-refractivity contribution is 6.33. The van der Waals surface area contributed by atoms with Crippen LogP contribution in [0.15, 0.2) is 18.2 Å². The van der Waals surface area contributed by atoms with Gasteiger partial charge >= 0.3 is 12.0 Å².